The quantitative estimate of drug-likeness (QED) is 0.796. The lowest BCUT2D eigenvalue weighted by Crippen LogP contribution is -2.29. The summed E-state index contributed by atoms with van der Waals surface area (Å²) in [5, 5.41) is 19.0. The third kappa shape index (κ3) is 2.76. The molecule has 1 atom stereocenters. The maximum Gasteiger partial charge on any atom is 0.341 e. The average molecular weight is 418 g/mol. The molecule has 1 spiro atoms. The van der Waals surface area contributed by atoms with Crippen LogP contribution in [0.5, 0.6) is 0 Å². The molecule has 1 saturated heterocycles. The summed E-state index contributed by atoms with van der Waals surface area (Å²) in [7, 11) is 0. The largest absolute Gasteiger partial charge is 0.477 e. The summed E-state index contributed by atoms with van der Waals surface area (Å²) in [6.07, 6.45) is 6.65. The van der Waals surface area contributed by atoms with Crippen molar-refractivity contribution in [3.8, 4) is 0 Å². The molecule has 0 bridgehead atoms. The van der Waals surface area contributed by atoms with Crippen LogP contribution < -0.4 is 10.3 Å². The van der Waals surface area contributed by atoms with Gasteiger partial charge < -0.3 is 19.7 Å². The van der Waals surface area contributed by atoms with Gasteiger partial charge in [0.2, 0.25) is 5.43 Å². The second-order valence-corrected chi connectivity index (χ2v) is 9.06. The summed E-state index contributed by atoms with van der Waals surface area (Å²) >= 11 is 0. The van der Waals surface area contributed by atoms with Crippen LogP contribution >= 0.6 is 0 Å². The third-order valence-corrected chi connectivity index (χ3v) is 7.30. The van der Waals surface area contributed by atoms with Crippen molar-refractivity contribution >= 4 is 22.6 Å². The minimum atomic E-state index is -1.41. The SMILES string of the molecule is O=C(O)c1cn(C2CC2)c2c(F)c(N3CC(CO)C4(CCCC4)C3)c(F)cc2c1=O. The van der Waals surface area contributed by atoms with Crippen molar-refractivity contribution < 1.29 is 23.8 Å². The molecule has 2 aliphatic carbocycles. The predicted octanol–water partition coefficient (Wildman–Crippen LogP) is 3.30. The lowest BCUT2D eigenvalue weighted by atomic mass is 9.77. The number of aliphatic hydroxyl groups is 1. The molecular weight excluding hydrogens is 394 g/mol. The first-order valence-corrected chi connectivity index (χ1v) is 10.5. The Morgan fingerprint density at radius 1 is 1.23 bits per heavy atom. The van der Waals surface area contributed by atoms with Gasteiger partial charge in [0.05, 0.1) is 10.9 Å². The number of hydrogen-bond donors (Lipinski definition) is 2. The molecule has 3 fully saturated rings. The highest BCUT2D eigenvalue weighted by Crippen LogP contribution is 2.51. The van der Waals surface area contributed by atoms with Gasteiger partial charge in [0.15, 0.2) is 5.82 Å². The molecule has 5 rings (SSSR count). The molecule has 3 aliphatic rings. The Balaban J connectivity index is 1.69. The van der Waals surface area contributed by atoms with Gasteiger partial charge >= 0.3 is 5.97 Å². The molecule has 1 aliphatic heterocycles. The van der Waals surface area contributed by atoms with E-state index in [-0.39, 0.29) is 40.6 Å². The second-order valence-electron chi connectivity index (χ2n) is 9.06. The molecular formula is C22H24F2N2O4. The fourth-order valence-electron chi connectivity index (χ4n) is 5.62. The zero-order valence-corrected chi connectivity index (χ0v) is 16.5. The topological polar surface area (TPSA) is 82.8 Å². The number of rotatable bonds is 4. The summed E-state index contributed by atoms with van der Waals surface area (Å²) in [5.74, 6) is -3.14. The number of pyridine rings is 1. The number of carbonyl (C=O) groups is 1. The highest BCUT2D eigenvalue weighted by Gasteiger charge is 2.48. The molecule has 160 valence electrons. The number of halogens is 2. The van der Waals surface area contributed by atoms with E-state index in [0.717, 1.165) is 44.6 Å². The lowest BCUT2D eigenvalue weighted by molar-refractivity contribution is 0.0694. The van der Waals surface area contributed by atoms with Crippen LogP contribution in [0.1, 0.15) is 54.9 Å². The maximum atomic E-state index is 15.8. The number of aromatic nitrogens is 1. The highest BCUT2D eigenvalue weighted by atomic mass is 19.1. The second kappa shape index (κ2) is 6.77. The number of aliphatic hydroxyl groups excluding tert-OH is 1. The Labute approximate surface area is 171 Å². The van der Waals surface area contributed by atoms with Gasteiger partial charge in [0.25, 0.3) is 0 Å². The van der Waals surface area contributed by atoms with Gasteiger partial charge in [-0.25, -0.2) is 13.6 Å². The zero-order chi connectivity index (χ0) is 21.2. The predicted molar refractivity (Wildman–Crippen MR) is 107 cm³/mol. The summed E-state index contributed by atoms with van der Waals surface area (Å²) in [6, 6.07) is 0.888. The molecule has 30 heavy (non-hydrogen) atoms. The number of fused-ring (bicyclic) bond motifs is 1. The number of hydrogen-bond acceptors (Lipinski definition) is 4. The van der Waals surface area contributed by atoms with E-state index in [9.17, 15) is 19.8 Å². The minimum absolute atomic E-state index is 0.0257. The zero-order valence-electron chi connectivity index (χ0n) is 16.5. The average Bonchev–Trinajstić information content (AvgIpc) is 3.34. The number of nitrogens with zero attached hydrogens (tertiary/aromatic N) is 2. The molecule has 2 aromatic rings. The molecule has 1 aromatic carbocycles. The van der Waals surface area contributed by atoms with Crippen LogP contribution in [0.3, 0.4) is 0 Å². The summed E-state index contributed by atoms with van der Waals surface area (Å²) in [5.41, 5.74) is -1.70. The Morgan fingerprint density at radius 2 is 1.93 bits per heavy atom. The van der Waals surface area contributed by atoms with Crippen molar-refractivity contribution in [3.05, 3.63) is 39.7 Å². The van der Waals surface area contributed by atoms with E-state index in [1.54, 1.807) is 4.90 Å². The Kier molecular flexibility index (Phi) is 4.39. The van der Waals surface area contributed by atoms with Crippen LogP contribution in [-0.2, 0) is 0 Å². The van der Waals surface area contributed by atoms with Gasteiger partial charge in [-0.15, -0.1) is 0 Å². The van der Waals surface area contributed by atoms with Crippen molar-refractivity contribution in [3.63, 3.8) is 0 Å². The van der Waals surface area contributed by atoms with Crippen molar-refractivity contribution in [1.82, 2.24) is 4.57 Å². The standard InChI is InChI=1S/C22H24F2N2O4/c23-16-7-14-18(26(13-3-4-13)9-15(20(14)28)21(29)30)17(24)19(16)25-8-12(10-27)22(11-25)5-1-2-6-22/h7,9,12-13,27H,1-6,8,10-11H2,(H,29,30). The van der Waals surface area contributed by atoms with Gasteiger partial charge in [-0.2, -0.15) is 0 Å². The smallest absolute Gasteiger partial charge is 0.341 e. The minimum Gasteiger partial charge on any atom is -0.477 e. The number of aromatic carboxylic acids is 1. The Bertz CT molecular complexity index is 1100. The maximum absolute atomic E-state index is 15.8. The number of anilines is 1. The first kappa shape index (κ1) is 19.5. The van der Waals surface area contributed by atoms with Crippen LogP contribution in [0, 0.1) is 23.0 Å². The van der Waals surface area contributed by atoms with Gasteiger partial charge in [0.1, 0.15) is 17.1 Å². The van der Waals surface area contributed by atoms with Gasteiger partial charge in [-0.3, -0.25) is 4.79 Å². The fourth-order valence-corrected chi connectivity index (χ4v) is 5.62. The van der Waals surface area contributed by atoms with Crippen LogP contribution in [-0.4, -0.2) is 40.4 Å². The molecule has 2 heterocycles. The fraction of sp³-hybridized carbons (Fsp3) is 0.545. The first-order chi connectivity index (χ1) is 14.4. The van der Waals surface area contributed by atoms with Crippen LogP contribution in [0.4, 0.5) is 14.5 Å². The molecule has 1 unspecified atom stereocenters. The van der Waals surface area contributed by atoms with Crippen LogP contribution in [0.25, 0.3) is 10.9 Å². The monoisotopic (exact) mass is 418 g/mol. The van der Waals surface area contributed by atoms with E-state index in [1.165, 1.54) is 10.8 Å². The summed E-state index contributed by atoms with van der Waals surface area (Å²) in [6.45, 7) is 0.803. The number of carboxylic acids is 1. The van der Waals surface area contributed by atoms with Crippen molar-refractivity contribution in [2.24, 2.45) is 11.3 Å². The summed E-state index contributed by atoms with van der Waals surface area (Å²) < 4.78 is 32.4. The third-order valence-electron chi connectivity index (χ3n) is 7.30. The van der Waals surface area contributed by atoms with E-state index in [0.29, 0.717) is 13.1 Å². The summed E-state index contributed by atoms with van der Waals surface area (Å²) in [4.78, 5) is 25.8. The molecule has 2 saturated carbocycles. The molecule has 1 aromatic heterocycles. The van der Waals surface area contributed by atoms with Crippen LogP contribution in [0.15, 0.2) is 17.1 Å². The lowest BCUT2D eigenvalue weighted by Gasteiger charge is -2.28. The van der Waals surface area contributed by atoms with Crippen molar-refractivity contribution in [2.45, 2.75) is 44.6 Å². The van der Waals surface area contributed by atoms with Gasteiger partial charge in [-0.05, 0) is 37.2 Å². The van der Waals surface area contributed by atoms with E-state index >= 15 is 8.78 Å². The highest BCUT2D eigenvalue weighted by molar-refractivity contribution is 5.94. The van der Waals surface area contributed by atoms with Crippen LogP contribution in [0.2, 0.25) is 0 Å². The van der Waals surface area contributed by atoms with Gasteiger partial charge in [-0.1, -0.05) is 12.8 Å². The Hall–Kier alpha value is -2.48. The number of carboxylic acid groups (broad SMARTS) is 1. The molecule has 6 nitrogen and oxygen atoms in total. The first-order valence-electron chi connectivity index (χ1n) is 10.5. The van der Waals surface area contributed by atoms with E-state index in [2.05, 4.69) is 0 Å². The van der Waals surface area contributed by atoms with Crippen molar-refractivity contribution in [2.75, 3.05) is 24.6 Å². The number of benzene rings is 1. The molecule has 0 amide bonds. The van der Waals surface area contributed by atoms with Crippen molar-refractivity contribution in [1.29, 1.82) is 0 Å². The molecule has 8 heteroatoms. The normalized spacial score (nSPS) is 23.0. The van der Waals surface area contributed by atoms with Gasteiger partial charge in [0, 0.05) is 37.9 Å². The van der Waals surface area contributed by atoms with E-state index in [1.807, 2.05) is 0 Å². The van der Waals surface area contributed by atoms with E-state index in [4.69, 9.17) is 0 Å². The van der Waals surface area contributed by atoms with E-state index < -0.39 is 28.6 Å². The molecule has 2 N–H and O–H groups in total. The molecule has 0 radical (unpaired) electrons. The Morgan fingerprint density at radius 3 is 2.53 bits per heavy atom.